The van der Waals surface area contributed by atoms with Crippen molar-refractivity contribution >= 4 is 11.6 Å². The first-order valence-corrected chi connectivity index (χ1v) is 5.07. The number of rotatable bonds is 3. The standard InChI is InChI=1S/C11H16ClN/c1-8-3-4-10(9(2)7-8)11(13)5-6-12/h3-4,7,11H,5-6,13H2,1-2H3. The van der Waals surface area contributed by atoms with E-state index in [0.717, 1.165) is 6.42 Å². The van der Waals surface area contributed by atoms with Crippen molar-refractivity contribution in [3.8, 4) is 0 Å². The van der Waals surface area contributed by atoms with Crippen LogP contribution in [0, 0.1) is 13.8 Å². The van der Waals surface area contributed by atoms with E-state index in [1.165, 1.54) is 16.7 Å². The molecule has 2 N–H and O–H groups in total. The van der Waals surface area contributed by atoms with Crippen LogP contribution >= 0.6 is 11.6 Å². The molecule has 0 aliphatic carbocycles. The van der Waals surface area contributed by atoms with E-state index in [4.69, 9.17) is 17.3 Å². The summed E-state index contributed by atoms with van der Waals surface area (Å²) < 4.78 is 0. The van der Waals surface area contributed by atoms with E-state index in [9.17, 15) is 0 Å². The molecule has 1 rings (SSSR count). The van der Waals surface area contributed by atoms with E-state index in [0.29, 0.717) is 5.88 Å². The minimum Gasteiger partial charge on any atom is -0.324 e. The van der Waals surface area contributed by atoms with Crippen LogP contribution in [0.3, 0.4) is 0 Å². The number of hydrogen-bond donors (Lipinski definition) is 1. The van der Waals surface area contributed by atoms with Crippen LogP contribution in [0.4, 0.5) is 0 Å². The predicted octanol–water partition coefficient (Wildman–Crippen LogP) is 2.93. The Hall–Kier alpha value is -0.530. The van der Waals surface area contributed by atoms with Gasteiger partial charge in [-0.2, -0.15) is 0 Å². The summed E-state index contributed by atoms with van der Waals surface area (Å²) in [6, 6.07) is 6.43. The molecule has 0 bridgehead atoms. The summed E-state index contributed by atoms with van der Waals surface area (Å²) in [5.74, 6) is 0.620. The number of alkyl halides is 1. The summed E-state index contributed by atoms with van der Waals surface area (Å²) >= 11 is 5.65. The van der Waals surface area contributed by atoms with E-state index in [-0.39, 0.29) is 6.04 Å². The third kappa shape index (κ3) is 2.71. The van der Waals surface area contributed by atoms with Crippen molar-refractivity contribution in [2.75, 3.05) is 5.88 Å². The summed E-state index contributed by atoms with van der Waals surface area (Å²) in [5.41, 5.74) is 9.72. The third-order valence-corrected chi connectivity index (χ3v) is 2.46. The molecule has 1 unspecified atom stereocenters. The summed E-state index contributed by atoms with van der Waals surface area (Å²) in [6.45, 7) is 4.18. The molecule has 13 heavy (non-hydrogen) atoms. The van der Waals surface area contributed by atoms with Crippen molar-refractivity contribution in [1.29, 1.82) is 0 Å². The van der Waals surface area contributed by atoms with Crippen LogP contribution in [0.5, 0.6) is 0 Å². The Morgan fingerprint density at radius 1 is 1.38 bits per heavy atom. The first kappa shape index (κ1) is 10.6. The van der Waals surface area contributed by atoms with Gasteiger partial charge in [0.2, 0.25) is 0 Å². The minimum absolute atomic E-state index is 0.0816. The van der Waals surface area contributed by atoms with Gasteiger partial charge in [-0.25, -0.2) is 0 Å². The van der Waals surface area contributed by atoms with Crippen molar-refractivity contribution in [3.05, 3.63) is 34.9 Å². The lowest BCUT2D eigenvalue weighted by molar-refractivity contribution is 0.698. The highest BCUT2D eigenvalue weighted by Crippen LogP contribution is 2.19. The molecule has 0 amide bonds. The zero-order valence-electron chi connectivity index (χ0n) is 8.18. The highest BCUT2D eigenvalue weighted by molar-refractivity contribution is 6.17. The molecule has 0 aromatic heterocycles. The predicted molar refractivity (Wildman–Crippen MR) is 58.2 cm³/mol. The van der Waals surface area contributed by atoms with Gasteiger partial charge < -0.3 is 5.73 Å². The van der Waals surface area contributed by atoms with Crippen molar-refractivity contribution in [3.63, 3.8) is 0 Å². The molecule has 0 spiro atoms. The Morgan fingerprint density at radius 3 is 2.62 bits per heavy atom. The lowest BCUT2D eigenvalue weighted by atomic mass is 9.98. The summed E-state index contributed by atoms with van der Waals surface area (Å²) in [7, 11) is 0. The van der Waals surface area contributed by atoms with Crippen LogP contribution in [0.1, 0.15) is 29.2 Å². The van der Waals surface area contributed by atoms with Gasteiger partial charge in [0.05, 0.1) is 0 Å². The highest BCUT2D eigenvalue weighted by atomic mass is 35.5. The lowest BCUT2D eigenvalue weighted by Gasteiger charge is -2.13. The second-order valence-corrected chi connectivity index (χ2v) is 3.82. The van der Waals surface area contributed by atoms with Crippen LogP contribution < -0.4 is 5.73 Å². The van der Waals surface area contributed by atoms with Crippen LogP contribution in [-0.4, -0.2) is 5.88 Å². The van der Waals surface area contributed by atoms with Gasteiger partial charge in [-0.1, -0.05) is 23.8 Å². The zero-order chi connectivity index (χ0) is 9.84. The molecule has 1 atom stereocenters. The molecule has 72 valence electrons. The van der Waals surface area contributed by atoms with Gasteiger partial charge in [0.1, 0.15) is 0 Å². The van der Waals surface area contributed by atoms with Gasteiger partial charge >= 0.3 is 0 Å². The molecule has 1 nitrogen and oxygen atoms in total. The monoisotopic (exact) mass is 197 g/mol. The smallest absolute Gasteiger partial charge is 0.0308 e. The lowest BCUT2D eigenvalue weighted by Crippen LogP contribution is -2.12. The number of benzene rings is 1. The maximum atomic E-state index is 5.97. The Labute approximate surface area is 84.9 Å². The van der Waals surface area contributed by atoms with Gasteiger partial charge in [-0.15, -0.1) is 11.6 Å². The molecule has 0 saturated heterocycles. The molecule has 0 fully saturated rings. The molecule has 1 aromatic carbocycles. The fourth-order valence-electron chi connectivity index (χ4n) is 1.51. The first-order valence-electron chi connectivity index (χ1n) is 4.54. The average Bonchev–Trinajstić information content (AvgIpc) is 2.04. The Bertz CT molecular complexity index is 283. The number of hydrogen-bond acceptors (Lipinski definition) is 1. The molecule has 0 saturated carbocycles. The average molecular weight is 198 g/mol. The summed E-state index contributed by atoms with van der Waals surface area (Å²) in [6.07, 6.45) is 0.839. The summed E-state index contributed by atoms with van der Waals surface area (Å²) in [5, 5.41) is 0. The normalized spacial score (nSPS) is 12.9. The topological polar surface area (TPSA) is 26.0 Å². The van der Waals surface area contributed by atoms with E-state index < -0.39 is 0 Å². The van der Waals surface area contributed by atoms with Crippen LogP contribution in [0.15, 0.2) is 18.2 Å². The maximum Gasteiger partial charge on any atom is 0.0308 e. The number of halogens is 1. The maximum absolute atomic E-state index is 5.97. The Balaban J connectivity index is 2.88. The van der Waals surface area contributed by atoms with E-state index in [2.05, 4.69) is 32.0 Å². The molecule has 1 aromatic rings. The fourth-order valence-corrected chi connectivity index (χ4v) is 1.75. The largest absolute Gasteiger partial charge is 0.324 e. The quantitative estimate of drug-likeness (QED) is 0.741. The second kappa shape index (κ2) is 4.64. The van der Waals surface area contributed by atoms with E-state index >= 15 is 0 Å². The van der Waals surface area contributed by atoms with Gasteiger partial charge in [0, 0.05) is 11.9 Å². The molecular weight excluding hydrogens is 182 g/mol. The fraction of sp³-hybridized carbons (Fsp3) is 0.455. The minimum atomic E-state index is 0.0816. The van der Waals surface area contributed by atoms with E-state index in [1.54, 1.807) is 0 Å². The number of nitrogens with two attached hydrogens (primary N) is 1. The first-order chi connectivity index (χ1) is 6.15. The molecule has 0 radical (unpaired) electrons. The van der Waals surface area contributed by atoms with Crippen molar-refractivity contribution in [1.82, 2.24) is 0 Å². The third-order valence-electron chi connectivity index (χ3n) is 2.24. The molecule has 0 heterocycles. The Kier molecular flexibility index (Phi) is 3.76. The summed E-state index contributed by atoms with van der Waals surface area (Å²) in [4.78, 5) is 0. The molecule has 2 heteroatoms. The zero-order valence-corrected chi connectivity index (χ0v) is 8.93. The van der Waals surface area contributed by atoms with Gasteiger partial charge in [-0.05, 0) is 31.4 Å². The SMILES string of the molecule is Cc1ccc(C(N)CCCl)c(C)c1. The van der Waals surface area contributed by atoms with Crippen molar-refractivity contribution in [2.45, 2.75) is 26.3 Å². The second-order valence-electron chi connectivity index (χ2n) is 3.44. The van der Waals surface area contributed by atoms with Crippen molar-refractivity contribution < 1.29 is 0 Å². The Morgan fingerprint density at radius 2 is 2.08 bits per heavy atom. The van der Waals surface area contributed by atoms with E-state index in [1.807, 2.05) is 0 Å². The molecule has 0 aliphatic rings. The van der Waals surface area contributed by atoms with Gasteiger partial charge in [0.25, 0.3) is 0 Å². The number of aryl methyl sites for hydroxylation is 2. The van der Waals surface area contributed by atoms with Gasteiger partial charge in [0.15, 0.2) is 0 Å². The van der Waals surface area contributed by atoms with Gasteiger partial charge in [-0.3, -0.25) is 0 Å². The van der Waals surface area contributed by atoms with Crippen LogP contribution in [-0.2, 0) is 0 Å². The molecule has 0 aliphatic heterocycles. The van der Waals surface area contributed by atoms with Crippen molar-refractivity contribution in [2.24, 2.45) is 5.73 Å². The van der Waals surface area contributed by atoms with Crippen LogP contribution in [0.2, 0.25) is 0 Å². The van der Waals surface area contributed by atoms with Crippen LogP contribution in [0.25, 0.3) is 0 Å². The highest BCUT2D eigenvalue weighted by Gasteiger charge is 2.07. The molecular formula is C11H16ClN.